The molecule has 23 heavy (non-hydrogen) atoms. The summed E-state index contributed by atoms with van der Waals surface area (Å²) in [7, 11) is 2.27. The van der Waals surface area contributed by atoms with Crippen LogP contribution >= 0.6 is 0 Å². The van der Waals surface area contributed by atoms with Crippen molar-refractivity contribution in [1.82, 2.24) is 9.80 Å². The highest BCUT2D eigenvalue weighted by molar-refractivity contribution is 5.87. The van der Waals surface area contributed by atoms with Gasteiger partial charge in [-0.2, -0.15) is 0 Å². The number of likely N-dealkylation sites (N-methyl/N-ethyl adjacent to an activating group) is 1. The first-order chi connectivity index (χ1) is 11.1. The molecule has 0 aromatic heterocycles. The third kappa shape index (κ3) is 4.03. The number of fused-ring (bicyclic) bond motifs is 2. The molecule has 0 saturated carbocycles. The second-order valence-corrected chi connectivity index (χ2v) is 6.67. The molecule has 2 heterocycles. The van der Waals surface area contributed by atoms with Gasteiger partial charge in [0.05, 0.1) is 12.2 Å². The Hall–Kier alpha value is -1.59. The number of rotatable bonds is 6. The molecular formula is C18H26N2O3. The van der Waals surface area contributed by atoms with E-state index in [0.29, 0.717) is 12.2 Å². The highest BCUT2D eigenvalue weighted by Crippen LogP contribution is 2.28. The Balaban J connectivity index is 1.39. The van der Waals surface area contributed by atoms with Crippen molar-refractivity contribution >= 4 is 5.97 Å². The quantitative estimate of drug-likeness (QED) is 0.816. The fraction of sp³-hybridized carbons (Fsp3) is 0.611. The van der Waals surface area contributed by atoms with Gasteiger partial charge in [0.25, 0.3) is 0 Å². The normalized spacial score (nSPS) is 25.3. The Bertz CT molecular complexity index is 532. The maximum atomic E-state index is 10.8. The molecule has 2 aliphatic rings. The molecule has 0 spiro atoms. The maximum absolute atomic E-state index is 10.8. The van der Waals surface area contributed by atoms with Gasteiger partial charge in [-0.15, -0.1) is 0 Å². The fourth-order valence-electron chi connectivity index (χ4n) is 3.75. The lowest BCUT2D eigenvalue weighted by atomic mass is 10.1. The molecule has 3 rings (SSSR count). The second-order valence-electron chi connectivity index (χ2n) is 6.67. The van der Waals surface area contributed by atoms with Crippen LogP contribution in [-0.4, -0.2) is 66.2 Å². The molecule has 2 bridgehead atoms. The van der Waals surface area contributed by atoms with E-state index in [0.717, 1.165) is 30.8 Å². The topological polar surface area (TPSA) is 53.0 Å². The third-order valence-corrected chi connectivity index (χ3v) is 5.22. The van der Waals surface area contributed by atoms with Crippen LogP contribution in [0.15, 0.2) is 24.3 Å². The van der Waals surface area contributed by atoms with Crippen molar-refractivity contribution in [3.05, 3.63) is 29.8 Å². The summed E-state index contributed by atoms with van der Waals surface area (Å²) in [5.74, 6) is -0.165. The van der Waals surface area contributed by atoms with E-state index in [9.17, 15) is 4.79 Å². The second kappa shape index (κ2) is 7.32. The lowest BCUT2D eigenvalue weighted by molar-refractivity contribution is 0.0697. The predicted molar refractivity (Wildman–Crippen MR) is 89.1 cm³/mol. The van der Waals surface area contributed by atoms with Gasteiger partial charge in [-0.25, -0.2) is 4.79 Å². The minimum absolute atomic E-state index is 0.293. The van der Waals surface area contributed by atoms with Gasteiger partial charge in [0.1, 0.15) is 5.75 Å². The Labute approximate surface area is 137 Å². The summed E-state index contributed by atoms with van der Waals surface area (Å²) in [6.07, 6.45) is 4.99. The predicted octanol–water partition coefficient (Wildman–Crippen LogP) is 2.32. The van der Waals surface area contributed by atoms with Gasteiger partial charge < -0.3 is 14.7 Å². The van der Waals surface area contributed by atoms with Crippen LogP contribution in [0.2, 0.25) is 0 Å². The van der Waals surface area contributed by atoms with Crippen LogP contribution < -0.4 is 4.74 Å². The molecule has 2 aliphatic heterocycles. The lowest BCUT2D eigenvalue weighted by Gasteiger charge is -2.25. The number of nitrogens with zero attached hydrogens (tertiary/aromatic N) is 2. The van der Waals surface area contributed by atoms with Crippen LogP contribution in [0.1, 0.15) is 36.0 Å². The van der Waals surface area contributed by atoms with Gasteiger partial charge in [0.2, 0.25) is 0 Å². The Morgan fingerprint density at radius 2 is 1.96 bits per heavy atom. The number of hydrogen-bond donors (Lipinski definition) is 1. The Morgan fingerprint density at radius 1 is 1.22 bits per heavy atom. The lowest BCUT2D eigenvalue weighted by Crippen LogP contribution is -2.37. The first kappa shape index (κ1) is 16.3. The summed E-state index contributed by atoms with van der Waals surface area (Å²) < 4.78 is 5.72. The smallest absolute Gasteiger partial charge is 0.335 e. The van der Waals surface area contributed by atoms with E-state index in [1.54, 1.807) is 24.3 Å². The number of carboxylic acids is 1. The fourth-order valence-corrected chi connectivity index (χ4v) is 3.75. The van der Waals surface area contributed by atoms with Crippen molar-refractivity contribution in [1.29, 1.82) is 0 Å². The molecule has 0 radical (unpaired) electrons. The summed E-state index contributed by atoms with van der Waals surface area (Å²) in [4.78, 5) is 15.9. The monoisotopic (exact) mass is 318 g/mol. The summed E-state index contributed by atoms with van der Waals surface area (Å²) >= 11 is 0. The number of likely N-dealkylation sites (tertiary alicyclic amines) is 1. The number of benzene rings is 1. The van der Waals surface area contributed by atoms with Crippen LogP contribution in [0.25, 0.3) is 0 Å². The molecule has 0 unspecified atom stereocenters. The van der Waals surface area contributed by atoms with Crippen LogP contribution in [0, 0.1) is 0 Å². The first-order valence-electron chi connectivity index (χ1n) is 8.54. The first-order valence-corrected chi connectivity index (χ1v) is 8.54. The van der Waals surface area contributed by atoms with E-state index < -0.39 is 5.97 Å². The summed E-state index contributed by atoms with van der Waals surface area (Å²) in [6.45, 7) is 4.12. The number of carbonyl (C=O) groups is 1. The summed E-state index contributed by atoms with van der Waals surface area (Å²) in [5, 5.41) is 8.87. The molecule has 126 valence electrons. The van der Waals surface area contributed by atoms with Crippen LogP contribution in [-0.2, 0) is 0 Å². The molecule has 2 fully saturated rings. The highest BCUT2D eigenvalue weighted by Gasteiger charge is 2.34. The largest absolute Gasteiger partial charge is 0.494 e. The average Bonchev–Trinajstić information content (AvgIpc) is 2.79. The third-order valence-electron chi connectivity index (χ3n) is 5.22. The van der Waals surface area contributed by atoms with Gasteiger partial charge in [-0.05, 0) is 63.5 Å². The molecule has 5 heteroatoms. The van der Waals surface area contributed by atoms with Gasteiger partial charge in [0.15, 0.2) is 0 Å². The van der Waals surface area contributed by atoms with E-state index in [2.05, 4.69) is 16.8 Å². The zero-order chi connectivity index (χ0) is 16.2. The molecule has 2 saturated heterocycles. The van der Waals surface area contributed by atoms with E-state index in [4.69, 9.17) is 9.84 Å². The minimum atomic E-state index is -0.906. The average molecular weight is 318 g/mol. The van der Waals surface area contributed by atoms with Crippen LogP contribution in [0.4, 0.5) is 0 Å². The van der Waals surface area contributed by atoms with E-state index >= 15 is 0 Å². The standard InChI is InChI=1S/C18H26N2O3/c1-19-15-5-6-16(19)13-20(11-9-15)10-2-12-23-17-7-3-14(4-8-17)18(21)22/h3-4,7-8,15-16H,2,5-6,9-13H2,1H3,(H,21,22)/t15-,16+/m0/s1. The van der Waals surface area contributed by atoms with Crippen LogP contribution in [0.5, 0.6) is 5.75 Å². The molecule has 1 aromatic carbocycles. The zero-order valence-electron chi connectivity index (χ0n) is 13.8. The van der Waals surface area contributed by atoms with Crippen molar-refractivity contribution in [2.75, 3.05) is 33.3 Å². The highest BCUT2D eigenvalue weighted by atomic mass is 16.5. The van der Waals surface area contributed by atoms with Gasteiger partial charge in [0, 0.05) is 25.2 Å². The summed E-state index contributed by atoms with van der Waals surface area (Å²) in [6, 6.07) is 8.13. The number of aromatic carboxylic acids is 1. The minimum Gasteiger partial charge on any atom is -0.494 e. The van der Waals surface area contributed by atoms with Crippen LogP contribution in [0.3, 0.4) is 0 Å². The van der Waals surface area contributed by atoms with Crippen molar-refractivity contribution in [3.63, 3.8) is 0 Å². The number of hydrogen-bond acceptors (Lipinski definition) is 4. The molecule has 1 N–H and O–H groups in total. The number of carboxylic acid groups (broad SMARTS) is 1. The Kier molecular flexibility index (Phi) is 5.18. The van der Waals surface area contributed by atoms with E-state index in [1.807, 2.05) is 0 Å². The van der Waals surface area contributed by atoms with Gasteiger partial charge in [-0.3, -0.25) is 4.90 Å². The molecule has 2 atom stereocenters. The SMILES string of the molecule is CN1[C@H]2CC[C@@H]1CN(CCCOc1ccc(C(=O)O)cc1)CC2. The molecule has 1 aromatic rings. The van der Waals surface area contributed by atoms with E-state index in [-0.39, 0.29) is 0 Å². The zero-order valence-corrected chi connectivity index (χ0v) is 13.8. The van der Waals surface area contributed by atoms with Crippen molar-refractivity contribution in [3.8, 4) is 5.75 Å². The molecule has 5 nitrogen and oxygen atoms in total. The molecule has 0 amide bonds. The van der Waals surface area contributed by atoms with E-state index in [1.165, 1.54) is 32.4 Å². The van der Waals surface area contributed by atoms with Crippen molar-refractivity contribution in [2.24, 2.45) is 0 Å². The maximum Gasteiger partial charge on any atom is 0.335 e. The van der Waals surface area contributed by atoms with Crippen molar-refractivity contribution in [2.45, 2.75) is 37.8 Å². The Morgan fingerprint density at radius 3 is 2.70 bits per heavy atom. The molecular weight excluding hydrogens is 292 g/mol. The molecule has 0 aliphatic carbocycles. The van der Waals surface area contributed by atoms with Crippen molar-refractivity contribution < 1.29 is 14.6 Å². The number of ether oxygens (including phenoxy) is 1. The van der Waals surface area contributed by atoms with Gasteiger partial charge >= 0.3 is 5.97 Å². The van der Waals surface area contributed by atoms with Gasteiger partial charge in [-0.1, -0.05) is 0 Å². The summed E-state index contributed by atoms with van der Waals surface area (Å²) in [5.41, 5.74) is 0.293.